The van der Waals surface area contributed by atoms with Gasteiger partial charge in [-0.15, -0.1) is 22.7 Å². The fourth-order valence-electron chi connectivity index (χ4n) is 8.80. The second-order valence-corrected chi connectivity index (χ2v) is 21.3. The lowest BCUT2D eigenvalue weighted by Gasteiger charge is -2.34. The molecule has 17 heteroatoms. The summed E-state index contributed by atoms with van der Waals surface area (Å²) in [4.78, 5) is 46.0. The Hall–Kier alpha value is -4.17. The van der Waals surface area contributed by atoms with Gasteiger partial charge in [-0.25, -0.2) is 19.6 Å². The van der Waals surface area contributed by atoms with E-state index in [1.807, 2.05) is 84.9 Å². The quantitative estimate of drug-likeness (QED) is 0.0816. The summed E-state index contributed by atoms with van der Waals surface area (Å²) in [5.74, 6) is -0.978. The van der Waals surface area contributed by atoms with Gasteiger partial charge in [0.1, 0.15) is 28.5 Å². The van der Waals surface area contributed by atoms with Crippen LogP contribution in [0.4, 0.5) is 10.1 Å². The third-order valence-electron chi connectivity index (χ3n) is 11.8. The van der Waals surface area contributed by atoms with E-state index < -0.39 is 17.5 Å². The van der Waals surface area contributed by atoms with Crippen LogP contribution in [0.25, 0.3) is 19.3 Å². The van der Waals surface area contributed by atoms with E-state index in [1.165, 1.54) is 45.8 Å². The molecule has 0 bridgehead atoms. The van der Waals surface area contributed by atoms with Crippen molar-refractivity contribution in [3.63, 3.8) is 0 Å². The number of nitrogens with one attached hydrogen (secondary N) is 2. The molecule has 11 rings (SSSR count). The zero-order chi connectivity index (χ0) is 42.3. The van der Waals surface area contributed by atoms with Gasteiger partial charge in [-0.3, -0.25) is 5.32 Å². The van der Waals surface area contributed by atoms with Crippen LogP contribution >= 0.6 is 94.6 Å². The zero-order valence-corrected chi connectivity index (χ0v) is 38.9. The van der Waals surface area contributed by atoms with Crippen molar-refractivity contribution in [3.05, 3.63) is 113 Å². The van der Waals surface area contributed by atoms with Crippen molar-refractivity contribution in [2.24, 2.45) is 16.8 Å². The highest BCUT2D eigenvalue weighted by Crippen LogP contribution is 2.63. The molecule has 62 heavy (non-hydrogen) atoms. The number of anilines is 1. The first kappa shape index (κ1) is 40.6. The number of aromatic nitrogens is 1. The summed E-state index contributed by atoms with van der Waals surface area (Å²) in [6, 6.07) is 26.2. The Bertz CT molecular complexity index is 2820. The highest BCUT2D eigenvalue weighted by molar-refractivity contribution is 8.00. The molecule has 0 spiro atoms. The second-order valence-electron chi connectivity index (χ2n) is 15.5. The molecule has 0 saturated heterocycles. The molecule has 2 saturated carbocycles. The van der Waals surface area contributed by atoms with Gasteiger partial charge >= 0.3 is 17.5 Å². The summed E-state index contributed by atoms with van der Waals surface area (Å²) in [6.45, 7) is -0.197. The van der Waals surface area contributed by atoms with Gasteiger partial charge in [0, 0.05) is 31.3 Å². The predicted octanol–water partition coefficient (Wildman–Crippen LogP) is 10.7. The topological polar surface area (TPSA) is 111 Å². The molecule has 5 heterocycles. The molecule has 3 unspecified atom stereocenters. The highest BCUT2D eigenvalue weighted by Gasteiger charge is 2.61. The van der Waals surface area contributed by atoms with Gasteiger partial charge < -0.3 is 19.5 Å². The van der Waals surface area contributed by atoms with E-state index in [0.29, 0.717) is 36.6 Å². The third-order valence-corrected chi connectivity index (χ3v) is 18.4. The SMILES string of the molecule is O=C(OCc1ccccc1)C1(C(=O)OCc2ccccc2)Oc2c(sc3c2SC(NC2C(=S)c4ccccc4C2=S)N3)-c2sc3nc(N=C4C(=S)C5CCCCC5C4=S)sc3c21. The molecule has 2 N–H and O–H groups in total. The monoisotopic (exact) mass is 964 g/mol. The van der Waals surface area contributed by atoms with E-state index in [2.05, 4.69) is 10.6 Å². The Kier molecular flexibility index (Phi) is 10.6. The van der Waals surface area contributed by atoms with Crippen LogP contribution in [0.5, 0.6) is 5.75 Å². The van der Waals surface area contributed by atoms with Crippen molar-refractivity contribution in [3.8, 4) is 15.5 Å². The number of carbonyl (C=O) groups is 2. The maximum absolute atomic E-state index is 15.1. The average molecular weight is 965 g/mol. The number of thiazole rings is 1. The third kappa shape index (κ3) is 6.65. The zero-order valence-electron chi connectivity index (χ0n) is 32.3. The molecule has 2 aliphatic heterocycles. The molecule has 9 nitrogen and oxygen atoms in total. The number of carbonyl (C=O) groups excluding carboxylic acids is 2. The molecule has 3 aliphatic carbocycles. The van der Waals surface area contributed by atoms with Crippen LogP contribution in [0.3, 0.4) is 0 Å². The summed E-state index contributed by atoms with van der Waals surface area (Å²) in [7, 11) is 0. The van der Waals surface area contributed by atoms with Crippen LogP contribution in [0, 0.1) is 11.8 Å². The summed E-state index contributed by atoms with van der Waals surface area (Å²) in [5.41, 5.74) is 1.66. The Balaban J connectivity index is 1.01. The molecule has 0 amide bonds. The standard InChI is InChI=1S/C45H32N4O5S8/c50-41(52-19-21-11-3-1-4-12-21)45(42(51)53-20-22-13-5-2-6-14-22)27-35(59-39-36(27)61-43(48-39)46-28-31(55)23-15-7-8-16-24(23)32(28)56)37-30(54-45)38-40(60-37)49-44(62-38)47-29-33(57)25-17-9-10-18-26(25)34(29)58/h1-6,9-14,17-18,23-24,29,44,47,49H,7-8,15-16,19-20H2. The molecule has 6 aromatic rings. The maximum Gasteiger partial charge on any atom is 0.367 e. The van der Waals surface area contributed by atoms with Crippen LogP contribution in [0.15, 0.2) is 94.8 Å². The molecule has 2 fully saturated rings. The van der Waals surface area contributed by atoms with E-state index in [1.54, 1.807) is 0 Å². The Morgan fingerprint density at radius 3 is 1.95 bits per heavy atom. The number of ether oxygens (including phenoxy) is 3. The van der Waals surface area contributed by atoms with Gasteiger partial charge in [0.2, 0.25) is 5.13 Å². The maximum atomic E-state index is 15.1. The lowest BCUT2D eigenvalue weighted by molar-refractivity contribution is -0.183. The number of esters is 2. The largest absolute Gasteiger partial charge is 0.457 e. The number of aliphatic imine (C=N–C) groups is 1. The number of hydrogen-bond acceptors (Lipinski definition) is 17. The van der Waals surface area contributed by atoms with E-state index >= 15 is 9.59 Å². The molecule has 3 aromatic heterocycles. The first-order chi connectivity index (χ1) is 30.2. The Morgan fingerprint density at radius 2 is 1.35 bits per heavy atom. The molecule has 3 aromatic carbocycles. The van der Waals surface area contributed by atoms with Crippen LogP contribution in [0.1, 0.15) is 53.5 Å². The predicted molar refractivity (Wildman–Crippen MR) is 263 cm³/mol. The molecule has 0 radical (unpaired) electrons. The molecular weight excluding hydrogens is 933 g/mol. The van der Waals surface area contributed by atoms with Gasteiger partial charge in [-0.05, 0) is 35.1 Å². The fourth-order valence-corrected chi connectivity index (χ4v) is 15.6. The normalized spacial score (nSPS) is 20.8. The number of thiocarbonyl (C=S) groups is 4. The van der Waals surface area contributed by atoms with Gasteiger partial charge in [-0.2, -0.15) is 0 Å². The number of nitrogens with zero attached hydrogens (tertiary/aromatic N) is 2. The van der Waals surface area contributed by atoms with E-state index in [4.69, 9.17) is 73.1 Å². The number of fused-ring (bicyclic) bond motifs is 9. The van der Waals surface area contributed by atoms with E-state index in [0.717, 1.165) is 82.2 Å². The lowest BCUT2D eigenvalue weighted by atomic mass is 9.82. The molecule has 5 aliphatic rings. The minimum atomic E-state index is -2.37. The van der Waals surface area contributed by atoms with Crippen LogP contribution in [0.2, 0.25) is 0 Å². The van der Waals surface area contributed by atoms with Crippen molar-refractivity contribution in [2.45, 2.75) is 60.9 Å². The molecular formula is C45H32N4O5S8. The van der Waals surface area contributed by atoms with Crippen molar-refractivity contribution in [1.82, 2.24) is 10.3 Å². The minimum absolute atomic E-state index is 0.0985. The number of rotatable bonds is 9. The summed E-state index contributed by atoms with van der Waals surface area (Å²) < 4.78 is 19.7. The molecule has 310 valence electrons. The summed E-state index contributed by atoms with van der Waals surface area (Å²) >= 11 is 29.3. The van der Waals surface area contributed by atoms with Crippen LogP contribution < -0.4 is 15.4 Å². The number of hydrogen-bond donors (Lipinski definition) is 2. The average Bonchev–Trinajstić information content (AvgIpc) is 4.13. The number of thioether (sulfide) groups is 1. The van der Waals surface area contributed by atoms with Crippen LogP contribution in [-0.2, 0) is 37.9 Å². The molecule has 3 atom stereocenters. The number of benzene rings is 3. The first-order valence-corrected chi connectivity index (χ1v) is 24.9. The summed E-state index contributed by atoms with van der Waals surface area (Å²) in [6.07, 6.45) is 4.25. The van der Waals surface area contributed by atoms with E-state index in [-0.39, 0.29) is 36.6 Å². The van der Waals surface area contributed by atoms with Gasteiger partial charge in [0.15, 0.2) is 5.75 Å². The number of thiophene rings is 2. The minimum Gasteiger partial charge on any atom is -0.457 e. The smallest absolute Gasteiger partial charge is 0.367 e. The second kappa shape index (κ2) is 16.1. The van der Waals surface area contributed by atoms with Gasteiger partial charge in [0.05, 0.1) is 36.7 Å². The van der Waals surface area contributed by atoms with Crippen LogP contribution in [-0.4, -0.2) is 53.6 Å². The van der Waals surface area contributed by atoms with Gasteiger partial charge in [0.25, 0.3) is 0 Å². The van der Waals surface area contributed by atoms with Crippen molar-refractivity contribution in [1.29, 1.82) is 0 Å². The van der Waals surface area contributed by atoms with Crippen molar-refractivity contribution < 1.29 is 23.8 Å². The summed E-state index contributed by atoms with van der Waals surface area (Å²) in [5, 5.41) is 8.44. The fraction of sp³-hybridized carbons (Fsp3) is 0.244. The van der Waals surface area contributed by atoms with Gasteiger partial charge in [-0.1, -0.05) is 170 Å². The van der Waals surface area contributed by atoms with Crippen molar-refractivity contribution in [2.75, 3.05) is 5.32 Å². The highest BCUT2D eigenvalue weighted by atomic mass is 32.2. The van der Waals surface area contributed by atoms with Crippen molar-refractivity contribution >= 4 is 151 Å². The Morgan fingerprint density at radius 1 is 0.774 bits per heavy atom. The Labute approximate surface area is 393 Å². The first-order valence-electron chi connectivity index (χ1n) is 20.0. The van der Waals surface area contributed by atoms with E-state index in [9.17, 15) is 0 Å². The lowest BCUT2D eigenvalue weighted by Crippen LogP contribution is -2.52.